The molecule has 80 valence electrons. The predicted octanol–water partition coefficient (Wildman–Crippen LogP) is 2.03. The summed E-state index contributed by atoms with van der Waals surface area (Å²) in [6, 6.07) is 0. The number of aryl methyl sites for hydroxylation is 1. The zero-order valence-electron chi connectivity index (χ0n) is 8.22. The quantitative estimate of drug-likeness (QED) is 0.848. The molecule has 0 bridgehead atoms. The number of hydrogen-bond donors (Lipinski definition) is 1. The first kappa shape index (κ1) is 10.8. The Hall–Kier alpha value is -0.730. The summed E-state index contributed by atoms with van der Waals surface area (Å²) in [7, 11) is 1.84. The Balaban J connectivity index is 1.93. The number of nitrogens with one attached hydrogen (secondary N) is 1. The minimum atomic E-state index is 0.800. The molecule has 2 heterocycles. The van der Waals surface area contributed by atoms with Gasteiger partial charge in [0.25, 0.3) is 0 Å². The molecule has 5 nitrogen and oxygen atoms in total. The zero-order chi connectivity index (χ0) is 10.7. The molecule has 0 saturated carbocycles. The van der Waals surface area contributed by atoms with Crippen LogP contribution in [0.2, 0.25) is 0 Å². The second-order valence-corrected chi connectivity index (χ2v) is 6.09. The van der Waals surface area contributed by atoms with E-state index in [4.69, 9.17) is 0 Å². The van der Waals surface area contributed by atoms with Crippen molar-refractivity contribution in [2.24, 2.45) is 0 Å². The summed E-state index contributed by atoms with van der Waals surface area (Å²) >= 11 is 4.81. The normalized spacial score (nSPS) is 10.5. The number of aromatic nitrogens is 4. The molecule has 0 aromatic carbocycles. The molecule has 0 atom stereocenters. The van der Waals surface area contributed by atoms with E-state index >= 15 is 0 Å². The van der Waals surface area contributed by atoms with E-state index in [1.165, 1.54) is 0 Å². The van der Waals surface area contributed by atoms with Gasteiger partial charge in [0.2, 0.25) is 5.13 Å². The molecule has 0 aliphatic carbocycles. The Bertz CT molecular complexity index is 437. The van der Waals surface area contributed by atoms with E-state index in [9.17, 15) is 0 Å². The monoisotopic (exact) mass is 259 g/mol. The van der Waals surface area contributed by atoms with Gasteiger partial charge in [0.05, 0.1) is 5.75 Å². The van der Waals surface area contributed by atoms with Crippen LogP contribution in [-0.2, 0) is 5.75 Å². The fourth-order valence-electron chi connectivity index (χ4n) is 0.873. The van der Waals surface area contributed by atoms with Crippen molar-refractivity contribution in [1.29, 1.82) is 0 Å². The van der Waals surface area contributed by atoms with Crippen molar-refractivity contribution < 1.29 is 0 Å². The first-order valence-corrected chi connectivity index (χ1v) is 6.83. The zero-order valence-corrected chi connectivity index (χ0v) is 10.7. The SMILES string of the molecule is CNc1nnc(CSc2nnc(C)s2)s1. The van der Waals surface area contributed by atoms with Crippen molar-refractivity contribution in [2.45, 2.75) is 17.0 Å². The minimum absolute atomic E-state index is 0.800. The molecule has 1 N–H and O–H groups in total. The molecule has 0 spiro atoms. The van der Waals surface area contributed by atoms with Crippen LogP contribution in [0.25, 0.3) is 0 Å². The second-order valence-electron chi connectivity index (χ2n) is 2.63. The Labute approximate surface area is 99.4 Å². The number of anilines is 1. The van der Waals surface area contributed by atoms with Gasteiger partial charge in [0.15, 0.2) is 4.34 Å². The molecule has 0 aliphatic heterocycles. The van der Waals surface area contributed by atoms with Crippen LogP contribution in [-0.4, -0.2) is 27.4 Å². The van der Waals surface area contributed by atoms with Gasteiger partial charge in [-0.15, -0.1) is 20.4 Å². The summed E-state index contributed by atoms with van der Waals surface area (Å²) in [5.74, 6) is 0.800. The van der Waals surface area contributed by atoms with E-state index in [1.54, 1.807) is 34.4 Å². The third-order valence-electron chi connectivity index (χ3n) is 1.51. The molecule has 2 rings (SSSR count). The summed E-state index contributed by atoms with van der Waals surface area (Å²) in [4.78, 5) is 0. The number of thioether (sulfide) groups is 1. The van der Waals surface area contributed by atoms with Crippen LogP contribution >= 0.6 is 34.4 Å². The highest BCUT2D eigenvalue weighted by atomic mass is 32.2. The van der Waals surface area contributed by atoms with Crippen LogP contribution in [0.4, 0.5) is 5.13 Å². The minimum Gasteiger partial charge on any atom is -0.363 e. The molecule has 15 heavy (non-hydrogen) atoms. The van der Waals surface area contributed by atoms with E-state index in [-0.39, 0.29) is 0 Å². The summed E-state index contributed by atoms with van der Waals surface area (Å²) in [5, 5.41) is 21.8. The molecule has 2 aromatic heterocycles. The summed E-state index contributed by atoms with van der Waals surface area (Å²) < 4.78 is 0.980. The smallest absolute Gasteiger partial charge is 0.205 e. The summed E-state index contributed by atoms with van der Waals surface area (Å²) in [5.41, 5.74) is 0. The predicted molar refractivity (Wildman–Crippen MR) is 63.7 cm³/mol. The van der Waals surface area contributed by atoms with Crippen LogP contribution in [0.1, 0.15) is 10.0 Å². The molecule has 0 saturated heterocycles. The topological polar surface area (TPSA) is 63.6 Å². The lowest BCUT2D eigenvalue weighted by Gasteiger charge is -1.89. The van der Waals surface area contributed by atoms with Crippen molar-refractivity contribution >= 4 is 39.6 Å². The van der Waals surface area contributed by atoms with Gasteiger partial charge in [-0.05, 0) is 6.92 Å². The Kier molecular flexibility index (Phi) is 3.49. The standard InChI is InChI=1S/C7H9N5S3/c1-4-9-12-7(14-4)13-3-5-10-11-6(8-2)15-5/h3H2,1-2H3,(H,8,11). The highest BCUT2D eigenvalue weighted by molar-refractivity contribution is 8.00. The van der Waals surface area contributed by atoms with Crippen molar-refractivity contribution in [1.82, 2.24) is 20.4 Å². The molecule has 0 unspecified atom stereocenters. The molecule has 8 heteroatoms. The molecule has 0 aliphatic rings. The number of rotatable bonds is 4. The lowest BCUT2D eigenvalue weighted by atomic mass is 10.9. The maximum Gasteiger partial charge on any atom is 0.205 e. The molecular formula is C7H9N5S3. The van der Waals surface area contributed by atoms with Gasteiger partial charge >= 0.3 is 0 Å². The molecule has 0 fully saturated rings. The third kappa shape index (κ3) is 2.86. The van der Waals surface area contributed by atoms with E-state index in [1.807, 2.05) is 14.0 Å². The van der Waals surface area contributed by atoms with E-state index < -0.39 is 0 Å². The highest BCUT2D eigenvalue weighted by Crippen LogP contribution is 2.27. The van der Waals surface area contributed by atoms with Gasteiger partial charge in [-0.25, -0.2) is 0 Å². The van der Waals surface area contributed by atoms with Crippen LogP contribution in [0.5, 0.6) is 0 Å². The first-order chi connectivity index (χ1) is 7.28. The molecular weight excluding hydrogens is 250 g/mol. The van der Waals surface area contributed by atoms with Gasteiger partial charge in [-0.1, -0.05) is 34.4 Å². The second kappa shape index (κ2) is 4.86. The maximum atomic E-state index is 4.05. The van der Waals surface area contributed by atoms with Crippen molar-refractivity contribution in [2.75, 3.05) is 12.4 Å². The first-order valence-electron chi connectivity index (χ1n) is 4.21. The largest absolute Gasteiger partial charge is 0.363 e. The Morgan fingerprint density at radius 1 is 1.20 bits per heavy atom. The van der Waals surface area contributed by atoms with Gasteiger partial charge in [-0.3, -0.25) is 0 Å². The fourth-order valence-corrected chi connectivity index (χ4v) is 3.37. The Morgan fingerprint density at radius 2 is 2.07 bits per heavy atom. The number of hydrogen-bond acceptors (Lipinski definition) is 8. The van der Waals surface area contributed by atoms with E-state index in [2.05, 4.69) is 25.7 Å². The van der Waals surface area contributed by atoms with Crippen LogP contribution in [0.15, 0.2) is 4.34 Å². The lowest BCUT2D eigenvalue weighted by molar-refractivity contribution is 0.981. The average molecular weight is 259 g/mol. The van der Waals surface area contributed by atoms with Gasteiger partial charge < -0.3 is 5.32 Å². The summed E-state index contributed by atoms with van der Waals surface area (Å²) in [6.07, 6.45) is 0. The van der Waals surface area contributed by atoms with E-state index in [0.717, 1.165) is 25.2 Å². The van der Waals surface area contributed by atoms with Crippen LogP contribution < -0.4 is 5.32 Å². The van der Waals surface area contributed by atoms with Crippen molar-refractivity contribution in [3.63, 3.8) is 0 Å². The number of nitrogens with zero attached hydrogens (tertiary/aromatic N) is 4. The lowest BCUT2D eigenvalue weighted by Crippen LogP contribution is -1.84. The summed E-state index contributed by atoms with van der Waals surface area (Å²) in [6.45, 7) is 1.95. The van der Waals surface area contributed by atoms with Gasteiger partial charge in [0.1, 0.15) is 10.0 Å². The fraction of sp³-hybridized carbons (Fsp3) is 0.429. The molecule has 0 radical (unpaired) electrons. The van der Waals surface area contributed by atoms with Crippen LogP contribution in [0, 0.1) is 6.92 Å². The molecule has 0 amide bonds. The highest BCUT2D eigenvalue weighted by Gasteiger charge is 2.06. The Morgan fingerprint density at radius 3 is 2.67 bits per heavy atom. The van der Waals surface area contributed by atoms with Crippen molar-refractivity contribution in [3.8, 4) is 0 Å². The third-order valence-corrected chi connectivity index (χ3v) is 4.61. The van der Waals surface area contributed by atoms with Crippen LogP contribution in [0.3, 0.4) is 0 Å². The van der Waals surface area contributed by atoms with E-state index in [0.29, 0.717) is 0 Å². The molecule has 2 aromatic rings. The van der Waals surface area contributed by atoms with Gasteiger partial charge in [-0.2, -0.15) is 0 Å². The maximum absolute atomic E-state index is 4.05. The van der Waals surface area contributed by atoms with Gasteiger partial charge in [0, 0.05) is 7.05 Å². The van der Waals surface area contributed by atoms with Crippen molar-refractivity contribution in [3.05, 3.63) is 10.0 Å². The average Bonchev–Trinajstić information content (AvgIpc) is 2.83.